The number of rotatable bonds is 9. The Morgan fingerprint density at radius 1 is 1.19 bits per heavy atom. The summed E-state index contributed by atoms with van der Waals surface area (Å²) in [5.41, 5.74) is 1.24. The van der Waals surface area contributed by atoms with Gasteiger partial charge in [0.2, 0.25) is 11.8 Å². The molecule has 27 heavy (non-hydrogen) atoms. The van der Waals surface area contributed by atoms with E-state index in [9.17, 15) is 14.4 Å². The number of carbonyl (C=O) groups is 2. The highest BCUT2D eigenvalue weighted by Gasteiger charge is 2.23. The third kappa shape index (κ3) is 6.90. The molecule has 3 rings (SSSR count). The Bertz CT molecular complexity index is 850. The van der Waals surface area contributed by atoms with Gasteiger partial charge >= 0.3 is 0 Å². The highest BCUT2D eigenvalue weighted by molar-refractivity contribution is 7.99. The number of carbonyl (C=O) groups excluding carboxylic acids is 2. The normalized spacial score (nSPS) is 13.2. The number of hydrogen-bond donors (Lipinski definition) is 3. The lowest BCUT2D eigenvalue weighted by molar-refractivity contribution is -0.120. The Hall–Kier alpha value is -2.61. The van der Waals surface area contributed by atoms with Crippen LogP contribution in [0.5, 0.6) is 0 Å². The summed E-state index contributed by atoms with van der Waals surface area (Å²) in [6, 6.07) is 11.5. The molecule has 0 saturated heterocycles. The van der Waals surface area contributed by atoms with E-state index in [0.29, 0.717) is 17.4 Å². The molecule has 1 saturated carbocycles. The molecule has 2 amide bonds. The molecular formula is C19H22N4O3S. The van der Waals surface area contributed by atoms with Crippen LogP contribution in [-0.2, 0) is 22.4 Å². The molecule has 142 valence electrons. The van der Waals surface area contributed by atoms with Gasteiger partial charge < -0.3 is 15.6 Å². The summed E-state index contributed by atoms with van der Waals surface area (Å²) >= 11 is 1.15. The number of nitrogens with one attached hydrogen (secondary N) is 3. The second-order valence-electron chi connectivity index (χ2n) is 6.43. The first-order chi connectivity index (χ1) is 13.1. The Kier molecular flexibility index (Phi) is 6.64. The van der Waals surface area contributed by atoms with Crippen LogP contribution < -0.4 is 16.2 Å². The van der Waals surface area contributed by atoms with Crippen molar-refractivity contribution in [3.05, 3.63) is 58.0 Å². The molecule has 1 aliphatic rings. The molecule has 1 aliphatic carbocycles. The molecule has 3 N–H and O–H groups in total. The molecule has 1 heterocycles. The van der Waals surface area contributed by atoms with E-state index in [1.165, 1.54) is 6.07 Å². The summed E-state index contributed by atoms with van der Waals surface area (Å²) < 4.78 is 0. The first kappa shape index (κ1) is 19.2. The molecule has 0 bridgehead atoms. The second kappa shape index (κ2) is 9.36. The van der Waals surface area contributed by atoms with Crippen LogP contribution in [-0.4, -0.2) is 40.1 Å². The largest absolute Gasteiger partial charge is 0.355 e. The molecule has 8 heteroatoms. The maximum atomic E-state index is 12.0. The van der Waals surface area contributed by atoms with Gasteiger partial charge in [-0.05, 0) is 24.8 Å². The van der Waals surface area contributed by atoms with Gasteiger partial charge in [-0.15, -0.1) is 0 Å². The minimum atomic E-state index is -0.328. The number of nitrogens with zero attached hydrogens (tertiary/aromatic N) is 1. The minimum absolute atomic E-state index is 0.0667. The first-order valence-corrected chi connectivity index (χ1v) is 9.90. The number of amides is 2. The third-order valence-electron chi connectivity index (χ3n) is 3.98. The molecule has 0 atom stereocenters. The maximum absolute atomic E-state index is 12.0. The molecular weight excluding hydrogens is 364 g/mol. The van der Waals surface area contributed by atoms with E-state index in [1.807, 2.05) is 30.3 Å². The Morgan fingerprint density at radius 3 is 2.70 bits per heavy atom. The van der Waals surface area contributed by atoms with Crippen LogP contribution in [0.3, 0.4) is 0 Å². The van der Waals surface area contributed by atoms with Gasteiger partial charge in [-0.1, -0.05) is 42.1 Å². The number of aromatic nitrogens is 2. The summed E-state index contributed by atoms with van der Waals surface area (Å²) in [6.45, 7) is 0.550. The molecule has 0 spiro atoms. The quantitative estimate of drug-likeness (QED) is 0.441. The fraction of sp³-hybridized carbons (Fsp3) is 0.368. The number of benzene rings is 1. The zero-order chi connectivity index (χ0) is 19.1. The van der Waals surface area contributed by atoms with Crippen LogP contribution >= 0.6 is 11.8 Å². The van der Waals surface area contributed by atoms with Crippen LogP contribution in [0.2, 0.25) is 0 Å². The predicted molar refractivity (Wildman–Crippen MR) is 104 cm³/mol. The summed E-state index contributed by atoms with van der Waals surface area (Å²) in [5.74, 6) is -0.115. The van der Waals surface area contributed by atoms with E-state index in [1.54, 1.807) is 0 Å². The van der Waals surface area contributed by atoms with Crippen molar-refractivity contribution in [1.29, 1.82) is 0 Å². The standard InChI is InChI=1S/C19H22N4O3S/c24-16(21-14-6-7-14)10-15-11-17(25)23-19(22-15)27-12-18(26)20-9-8-13-4-2-1-3-5-13/h1-5,11,14H,6-10,12H2,(H,20,26)(H,21,24)(H,22,23,25). The molecule has 2 aromatic rings. The van der Waals surface area contributed by atoms with E-state index >= 15 is 0 Å². The average molecular weight is 386 g/mol. The lowest BCUT2D eigenvalue weighted by atomic mass is 10.1. The van der Waals surface area contributed by atoms with Crippen LogP contribution in [0.1, 0.15) is 24.1 Å². The van der Waals surface area contributed by atoms with Gasteiger partial charge in [-0.3, -0.25) is 14.4 Å². The molecule has 0 unspecified atom stereocenters. The highest BCUT2D eigenvalue weighted by atomic mass is 32.2. The van der Waals surface area contributed by atoms with Gasteiger partial charge in [0, 0.05) is 18.7 Å². The molecule has 1 aromatic carbocycles. The van der Waals surface area contributed by atoms with Crippen LogP contribution in [0, 0.1) is 0 Å². The van der Waals surface area contributed by atoms with E-state index in [0.717, 1.165) is 36.6 Å². The van der Waals surface area contributed by atoms with Gasteiger partial charge in [-0.2, -0.15) is 0 Å². The molecule has 1 aromatic heterocycles. The van der Waals surface area contributed by atoms with E-state index < -0.39 is 0 Å². The van der Waals surface area contributed by atoms with E-state index in [4.69, 9.17) is 0 Å². The zero-order valence-corrected chi connectivity index (χ0v) is 15.7. The maximum Gasteiger partial charge on any atom is 0.251 e. The van der Waals surface area contributed by atoms with Crippen molar-refractivity contribution < 1.29 is 9.59 Å². The number of aromatic amines is 1. The Labute approximate surface area is 161 Å². The minimum Gasteiger partial charge on any atom is -0.355 e. The van der Waals surface area contributed by atoms with Crippen LogP contribution in [0.15, 0.2) is 46.3 Å². The monoisotopic (exact) mass is 386 g/mol. The highest BCUT2D eigenvalue weighted by Crippen LogP contribution is 2.18. The van der Waals surface area contributed by atoms with Crippen molar-refractivity contribution in [2.75, 3.05) is 12.3 Å². The summed E-state index contributed by atoms with van der Waals surface area (Å²) in [7, 11) is 0. The Morgan fingerprint density at radius 2 is 1.96 bits per heavy atom. The zero-order valence-electron chi connectivity index (χ0n) is 14.9. The average Bonchev–Trinajstić information content (AvgIpc) is 3.44. The van der Waals surface area contributed by atoms with Gasteiger partial charge in [0.1, 0.15) is 0 Å². The van der Waals surface area contributed by atoms with Gasteiger partial charge in [0.25, 0.3) is 5.56 Å². The topological polar surface area (TPSA) is 104 Å². The van der Waals surface area contributed by atoms with Crippen molar-refractivity contribution in [1.82, 2.24) is 20.6 Å². The SMILES string of the molecule is O=C(CSc1nc(CC(=O)NC2CC2)cc(=O)[nH]1)NCCc1ccccc1. The van der Waals surface area contributed by atoms with Crippen LogP contribution in [0.25, 0.3) is 0 Å². The van der Waals surface area contributed by atoms with Crippen molar-refractivity contribution >= 4 is 23.6 Å². The van der Waals surface area contributed by atoms with Crippen LogP contribution in [0.4, 0.5) is 0 Å². The number of thioether (sulfide) groups is 1. The van der Waals surface area contributed by atoms with Crippen molar-refractivity contribution in [2.24, 2.45) is 0 Å². The molecule has 0 radical (unpaired) electrons. The van der Waals surface area contributed by atoms with Crippen molar-refractivity contribution in [3.8, 4) is 0 Å². The van der Waals surface area contributed by atoms with Gasteiger partial charge in [0.05, 0.1) is 17.9 Å². The molecule has 1 fully saturated rings. The number of H-pyrrole nitrogens is 1. The predicted octanol–water partition coefficient (Wildman–Crippen LogP) is 1.04. The van der Waals surface area contributed by atoms with Gasteiger partial charge in [-0.25, -0.2) is 4.98 Å². The summed E-state index contributed by atoms with van der Waals surface area (Å²) in [4.78, 5) is 42.4. The summed E-state index contributed by atoms with van der Waals surface area (Å²) in [5, 5.41) is 6.06. The lowest BCUT2D eigenvalue weighted by Crippen LogP contribution is -2.28. The van der Waals surface area contributed by atoms with Crippen molar-refractivity contribution in [2.45, 2.75) is 36.9 Å². The second-order valence-corrected chi connectivity index (χ2v) is 7.40. The summed E-state index contributed by atoms with van der Waals surface area (Å²) in [6.07, 6.45) is 2.85. The fourth-order valence-corrected chi connectivity index (χ4v) is 3.21. The van der Waals surface area contributed by atoms with E-state index in [2.05, 4.69) is 20.6 Å². The van der Waals surface area contributed by atoms with Crippen molar-refractivity contribution in [3.63, 3.8) is 0 Å². The smallest absolute Gasteiger partial charge is 0.251 e. The lowest BCUT2D eigenvalue weighted by Gasteiger charge is -2.06. The van der Waals surface area contributed by atoms with E-state index in [-0.39, 0.29) is 35.6 Å². The molecule has 0 aliphatic heterocycles. The molecule has 7 nitrogen and oxygen atoms in total. The third-order valence-corrected chi connectivity index (χ3v) is 4.85. The van der Waals surface area contributed by atoms with Gasteiger partial charge in [0.15, 0.2) is 5.16 Å². The fourth-order valence-electron chi connectivity index (χ4n) is 2.49. The number of hydrogen-bond acceptors (Lipinski definition) is 5. The first-order valence-electron chi connectivity index (χ1n) is 8.91. The Balaban J connectivity index is 1.44.